The maximum Gasteiger partial charge on any atom is 0.350 e. The summed E-state index contributed by atoms with van der Waals surface area (Å²) in [7, 11) is 1.54. The summed E-state index contributed by atoms with van der Waals surface area (Å²) >= 11 is 0.967. The second-order valence-corrected chi connectivity index (χ2v) is 8.92. The highest BCUT2D eigenvalue weighted by atomic mass is 32.1. The van der Waals surface area contributed by atoms with Crippen LogP contribution in [0, 0.1) is 13.8 Å². The highest BCUT2D eigenvalue weighted by molar-refractivity contribution is 7.17. The van der Waals surface area contributed by atoms with Crippen molar-refractivity contribution in [3.05, 3.63) is 81.4 Å². The topological polar surface area (TPSA) is 106 Å². The van der Waals surface area contributed by atoms with Crippen molar-refractivity contribution >= 4 is 39.9 Å². The fraction of sp³-hybridized carbons (Fsp3) is 0.231. The molecule has 1 aliphatic rings. The van der Waals surface area contributed by atoms with E-state index in [1.165, 1.54) is 12.0 Å². The van der Waals surface area contributed by atoms with E-state index in [1.54, 1.807) is 50.2 Å². The second kappa shape index (κ2) is 9.71. The Morgan fingerprint density at radius 1 is 1.09 bits per heavy atom. The predicted molar refractivity (Wildman–Crippen MR) is 132 cm³/mol. The molecule has 1 aliphatic heterocycles. The van der Waals surface area contributed by atoms with Gasteiger partial charge in [-0.3, -0.25) is 14.5 Å². The number of rotatable bonds is 6. The Labute approximate surface area is 206 Å². The van der Waals surface area contributed by atoms with Gasteiger partial charge in [0.2, 0.25) is 0 Å². The van der Waals surface area contributed by atoms with Gasteiger partial charge >= 0.3 is 11.9 Å². The first kappa shape index (κ1) is 24.2. The largest absolute Gasteiger partial charge is 0.507 e. The van der Waals surface area contributed by atoms with Crippen LogP contribution in [-0.2, 0) is 14.3 Å². The van der Waals surface area contributed by atoms with Crippen LogP contribution >= 0.6 is 11.3 Å². The summed E-state index contributed by atoms with van der Waals surface area (Å²) in [5, 5.41) is 11.3. The van der Waals surface area contributed by atoms with E-state index in [4.69, 9.17) is 9.47 Å². The van der Waals surface area contributed by atoms with Gasteiger partial charge in [0.05, 0.1) is 31.0 Å². The molecule has 1 fully saturated rings. The number of amides is 1. The molecule has 0 unspecified atom stereocenters. The van der Waals surface area contributed by atoms with Crippen molar-refractivity contribution in [2.75, 3.05) is 18.6 Å². The number of Topliss-reactive ketones (excluding diaryl/α,β-unsaturated/α-hetero) is 1. The number of aryl methyl sites for hydroxylation is 2. The van der Waals surface area contributed by atoms with E-state index < -0.39 is 23.7 Å². The molecule has 9 heteroatoms. The number of thiazole rings is 1. The standard InChI is InChI=1S/C26H24N2O6S/c1-5-34-25(32)23-15(3)27-26(35-23)28-20(16-10-12-18(33-4)13-11-16)19(22(30)24(28)31)21(29)17-8-6-14(2)7-9-17/h6-13,20,29H,5H2,1-4H3/t20-/m0/s1. The molecule has 180 valence electrons. The first-order valence-electron chi connectivity index (χ1n) is 10.9. The molecule has 1 amide bonds. The quantitative estimate of drug-likeness (QED) is 0.232. The van der Waals surface area contributed by atoms with Gasteiger partial charge in [0.15, 0.2) is 5.13 Å². The number of carbonyl (C=O) groups is 3. The van der Waals surface area contributed by atoms with Crippen molar-refractivity contribution in [3.63, 3.8) is 0 Å². The normalized spacial score (nSPS) is 17.0. The molecule has 1 N–H and O–H groups in total. The van der Waals surface area contributed by atoms with E-state index >= 15 is 0 Å². The second-order valence-electron chi connectivity index (χ2n) is 7.94. The van der Waals surface area contributed by atoms with Crippen LogP contribution in [0.2, 0.25) is 0 Å². The minimum Gasteiger partial charge on any atom is -0.507 e. The summed E-state index contributed by atoms with van der Waals surface area (Å²) in [6.07, 6.45) is 0. The molecule has 1 atom stereocenters. The summed E-state index contributed by atoms with van der Waals surface area (Å²) in [5.41, 5.74) is 2.30. The number of carbonyl (C=O) groups excluding carboxylic acids is 3. The van der Waals surface area contributed by atoms with Crippen LogP contribution in [0.3, 0.4) is 0 Å². The zero-order valence-electron chi connectivity index (χ0n) is 19.7. The number of benzene rings is 2. The Bertz CT molecular complexity index is 1320. The van der Waals surface area contributed by atoms with Crippen LogP contribution < -0.4 is 9.64 Å². The average Bonchev–Trinajstić information content (AvgIpc) is 3.36. The summed E-state index contributed by atoms with van der Waals surface area (Å²) in [6, 6.07) is 12.9. The fourth-order valence-corrected chi connectivity index (χ4v) is 4.86. The maximum absolute atomic E-state index is 13.3. The van der Waals surface area contributed by atoms with Crippen molar-refractivity contribution in [3.8, 4) is 5.75 Å². The molecule has 0 saturated carbocycles. The third kappa shape index (κ3) is 4.42. The zero-order valence-corrected chi connectivity index (χ0v) is 20.5. The van der Waals surface area contributed by atoms with E-state index in [2.05, 4.69) is 4.98 Å². The van der Waals surface area contributed by atoms with Crippen molar-refractivity contribution in [1.29, 1.82) is 0 Å². The summed E-state index contributed by atoms with van der Waals surface area (Å²) in [6.45, 7) is 5.43. The van der Waals surface area contributed by atoms with Gasteiger partial charge in [-0.05, 0) is 38.5 Å². The lowest BCUT2D eigenvalue weighted by atomic mass is 9.95. The van der Waals surface area contributed by atoms with Crippen LogP contribution in [-0.4, -0.2) is 41.5 Å². The first-order valence-corrected chi connectivity index (χ1v) is 11.7. The van der Waals surface area contributed by atoms with Crippen molar-refractivity contribution in [2.45, 2.75) is 26.8 Å². The highest BCUT2D eigenvalue weighted by Gasteiger charge is 2.48. The van der Waals surface area contributed by atoms with Crippen molar-refractivity contribution < 1.29 is 29.0 Å². The van der Waals surface area contributed by atoms with Crippen molar-refractivity contribution in [1.82, 2.24) is 4.98 Å². The molecular formula is C26H24N2O6S. The molecule has 0 aliphatic carbocycles. The number of hydrogen-bond donors (Lipinski definition) is 1. The molecule has 3 aromatic rings. The number of esters is 1. The Hall–Kier alpha value is -3.98. The molecule has 2 aromatic carbocycles. The lowest BCUT2D eigenvalue weighted by Gasteiger charge is -2.23. The third-order valence-electron chi connectivity index (χ3n) is 5.65. The van der Waals surface area contributed by atoms with Gasteiger partial charge in [0, 0.05) is 5.56 Å². The van der Waals surface area contributed by atoms with E-state index in [1.807, 2.05) is 19.1 Å². The fourth-order valence-electron chi connectivity index (χ4n) is 3.87. The molecule has 1 saturated heterocycles. The minimum absolute atomic E-state index is 0.0606. The molecule has 2 heterocycles. The van der Waals surface area contributed by atoms with Crippen LogP contribution in [0.4, 0.5) is 5.13 Å². The highest BCUT2D eigenvalue weighted by Crippen LogP contribution is 2.44. The van der Waals surface area contributed by atoms with Gasteiger partial charge in [0.1, 0.15) is 16.4 Å². The molecule has 35 heavy (non-hydrogen) atoms. The number of anilines is 1. The van der Waals surface area contributed by atoms with E-state index in [9.17, 15) is 19.5 Å². The van der Waals surface area contributed by atoms with Crippen LogP contribution in [0.1, 0.15) is 45.0 Å². The number of ketones is 1. The Balaban J connectivity index is 1.90. The smallest absolute Gasteiger partial charge is 0.350 e. The summed E-state index contributed by atoms with van der Waals surface area (Å²) < 4.78 is 10.3. The average molecular weight is 493 g/mol. The molecule has 0 spiro atoms. The van der Waals surface area contributed by atoms with E-state index in [0.29, 0.717) is 22.6 Å². The first-order chi connectivity index (χ1) is 16.8. The van der Waals surface area contributed by atoms with Crippen molar-refractivity contribution in [2.24, 2.45) is 0 Å². The van der Waals surface area contributed by atoms with Gasteiger partial charge in [0.25, 0.3) is 5.78 Å². The number of methoxy groups -OCH3 is 1. The van der Waals surface area contributed by atoms with Crippen LogP contribution in [0.5, 0.6) is 5.75 Å². The van der Waals surface area contributed by atoms with Gasteiger partial charge in [-0.25, -0.2) is 9.78 Å². The Morgan fingerprint density at radius 3 is 2.34 bits per heavy atom. The Kier molecular flexibility index (Phi) is 6.70. The molecule has 4 rings (SSSR count). The number of aliphatic hydroxyl groups is 1. The molecule has 1 aromatic heterocycles. The number of ether oxygens (including phenoxy) is 2. The monoisotopic (exact) mass is 492 g/mol. The van der Waals surface area contributed by atoms with E-state index in [-0.39, 0.29) is 27.9 Å². The predicted octanol–water partition coefficient (Wildman–Crippen LogP) is 4.57. The van der Waals surface area contributed by atoms with Crippen LogP contribution in [0.25, 0.3) is 5.76 Å². The number of hydrogen-bond acceptors (Lipinski definition) is 8. The van der Waals surface area contributed by atoms with E-state index in [0.717, 1.165) is 16.9 Å². The number of aromatic nitrogens is 1. The number of nitrogens with zero attached hydrogens (tertiary/aromatic N) is 2. The molecule has 0 bridgehead atoms. The SMILES string of the molecule is CCOC(=O)c1sc(N2C(=O)C(=O)C(=C(O)c3ccc(C)cc3)[C@@H]2c2ccc(OC)cc2)nc1C. The summed E-state index contributed by atoms with van der Waals surface area (Å²) in [5.74, 6) is -1.92. The lowest BCUT2D eigenvalue weighted by Crippen LogP contribution is -2.29. The molecule has 8 nitrogen and oxygen atoms in total. The maximum atomic E-state index is 13.3. The molecular weight excluding hydrogens is 468 g/mol. The van der Waals surface area contributed by atoms with Gasteiger partial charge in [-0.2, -0.15) is 0 Å². The van der Waals surface area contributed by atoms with Gasteiger partial charge < -0.3 is 14.6 Å². The summed E-state index contributed by atoms with van der Waals surface area (Å²) in [4.78, 5) is 44.8. The minimum atomic E-state index is -0.956. The number of aliphatic hydroxyl groups excluding tert-OH is 1. The van der Waals surface area contributed by atoms with Crippen LogP contribution in [0.15, 0.2) is 54.1 Å². The van der Waals surface area contributed by atoms with Gasteiger partial charge in [-0.15, -0.1) is 0 Å². The third-order valence-corrected chi connectivity index (χ3v) is 6.79. The lowest BCUT2D eigenvalue weighted by molar-refractivity contribution is -0.132. The van der Waals surface area contributed by atoms with Gasteiger partial charge in [-0.1, -0.05) is 53.3 Å². The zero-order chi connectivity index (χ0) is 25.3. The Morgan fingerprint density at radius 2 is 1.74 bits per heavy atom. The molecule has 0 radical (unpaired) electrons.